The highest BCUT2D eigenvalue weighted by atomic mass is 16.5. The van der Waals surface area contributed by atoms with Crippen LogP contribution in [0.5, 0.6) is 5.75 Å². The van der Waals surface area contributed by atoms with Crippen molar-refractivity contribution in [2.75, 3.05) is 19.7 Å². The maximum atomic E-state index is 12.6. The monoisotopic (exact) mass is 327 g/mol. The molecule has 1 saturated heterocycles. The largest absolute Gasteiger partial charge is 0.482 e. The zero-order valence-corrected chi connectivity index (χ0v) is 13.0. The van der Waals surface area contributed by atoms with Crippen LogP contribution in [0.25, 0.3) is 0 Å². The first-order valence-corrected chi connectivity index (χ1v) is 7.63. The van der Waals surface area contributed by atoms with E-state index < -0.39 is 12.6 Å². The van der Waals surface area contributed by atoms with E-state index in [2.05, 4.69) is 9.97 Å². The van der Waals surface area contributed by atoms with E-state index in [0.717, 1.165) is 12.1 Å². The summed E-state index contributed by atoms with van der Waals surface area (Å²) in [6, 6.07) is 6.50. The average Bonchev–Trinajstić information content (AvgIpc) is 3.10. The molecule has 1 unspecified atom stereocenters. The van der Waals surface area contributed by atoms with Crippen LogP contribution in [0, 0.1) is 0 Å². The van der Waals surface area contributed by atoms with Gasteiger partial charge < -0.3 is 14.7 Å². The second-order valence-corrected chi connectivity index (χ2v) is 5.57. The topological polar surface area (TPSA) is 92.6 Å². The predicted octanol–water partition coefficient (Wildman–Crippen LogP) is 1.57. The minimum absolute atomic E-state index is 0.0498. The van der Waals surface area contributed by atoms with E-state index in [0.29, 0.717) is 24.4 Å². The molecule has 0 spiro atoms. The molecule has 1 aromatic heterocycles. The minimum Gasteiger partial charge on any atom is -0.482 e. The van der Waals surface area contributed by atoms with Crippen molar-refractivity contribution in [3.63, 3.8) is 0 Å². The molecule has 3 rings (SSSR count). The summed E-state index contributed by atoms with van der Waals surface area (Å²) in [7, 11) is 0. The van der Waals surface area contributed by atoms with E-state index in [9.17, 15) is 9.59 Å². The molecule has 1 amide bonds. The van der Waals surface area contributed by atoms with Gasteiger partial charge in [-0.2, -0.15) is 0 Å². The van der Waals surface area contributed by atoms with Crippen molar-refractivity contribution in [3.8, 4) is 5.75 Å². The number of ether oxygens (including phenoxy) is 1. The Bertz CT molecular complexity index is 718. The van der Waals surface area contributed by atoms with Crippen molar-refractivity contribution < 1.29 is 19.4 Å². The van der Waals surface area contributed by atoms with Gasteiger partial charge in [-0.3, -0.25) is 14.8 Å². The summed E-state index contributed by atoms with van der Waals surface area (Å²) in [5.41, 5.74) is 1.46. The molecule has 1 fully saturated rings. The van der Waals surface area contributed by atoms with Gasteiger partial charge in [0, 0.05) is 43.2 Å². The van der Waals surface area contributed by atoms with Crippen LogP contribution >= 0.6 is 0 Å². The van der Waals surface area contributed by atoms with E-state index >= 15 is 0 Å². The van der Waals surface area contributed by atoms with E-state index in [1.807, 2.05) is 0 Å². The number of carbonyl (C=O) groups excluding carboxylic acids is 1. The molecule has 1 aromatic carbocycles. The van der Waals surface area contributed by atoms with Gasteiger partial charge in [0.15, 0.2) is 6.61 Å². The van der Waals surface area contributed by atoms with Crippen LogP contribution in [0.15, 0.2) is 42.9 Å². The smallest absolute Gasteiger partial charge is 0.341 e. The van der Waals surface area contributed by atoms with Crippen molar-refractivity contribution in [3.05, 3.63) is 54.1 Å². The van der Waals surface area contributed by atoms with E-state index in [-0.39, 0.29) is 11.8 Å². The Morgan fingerprint density at radius 1 is 1.25 bits per heavy atom. The zero-order chi connectivity index (χ0) is 16.9. The lowest BCUT2D eigenvalue weighted by molar-refractivity contribution is -0.139. The first kappa shape index (κ1) is 15.9. The summed E-state index contributed by atoms with van der Waals surface area (Å²) in [4.78, 5) is 33.2. The number of carboxylic acid groups (broad SMARTS) is 1. The number of amides is 1. The quantitative estimate of drug-likeness (QED) is 0.896. The van der Waals surface area contributed by atoms with Gasteiger partial charge in [-0.15, -0.1) is 0 Å². The second-order valence-electron chi connectivity index (χ2n) is 5.57. The number of likely N-dealkylation sites (tertiary alicyclic amines) is 1. The lowest BCUT2D eigenvalue weighted by atomic mass is 10.1. The van der Waals surface area contributed by atoms with Gasteiger partial charge in [-0.05, 0) is 30.7 Å². The molecule has 0 radical (unpaired) electrons. The maximum Gasteiger partial charge on any atom is 0.341 e. The fourth-order valence-corrected chi connectivity index (χ4v) is 2.73. The highest BCUT2D eigenvalue weighted by Gasteiger charge is 2.28. The number of aromatic nitrogens is 2. The summed E-state index contributed by atoms with van der Waals surface area (Å²) in [6.07, 6.45) is 5.91. The Kier molecular flexibility index (Phi) is 4.69. The van der Waals surface area contributed by atoms with Gasteiger partial charge >= 0.3 is 5.97 Å². The number of nitrogens with zero attached hydrogens (tertiary/aromatic N) is 3. The molecular weight excluding hydrogens is 310 g/mol. The van der Waals surface area contributed by atoms with Crippen molar-refractivity contribution in [1.29, 1.82) is 0 Å². The zero-order valence-electron chi connectivity index (χ0n) is 13.0. The first-order chi connectivity index (χ1) is 11.6. The summed E-state index contributed by atoms with van der Waals surface area (Å²) in [5, 5.41) is 8.58. The fourth-order valence-electron chi connectivity index (χ4n) is 2.73. The molecule has 2 aromatic rings. The van der Waals surface area contributed by atoms with Gasteiger partial charge in [0.2, 0.25) is 0 Å². The Balaban J connectivity index is 1.61. The third-order valence-electron chi connectivity index (χ3n) is 3.94. The SMILES string of the molecule is O=C(O)COc1ccc(C(=O)N2CCC(c3cnccn3)C2)cc1. The summed E-state index contributed by atoms with van der Waals surface area (Å²) in [6.45, 7) is 0.894. The Morgan fingerprint density at radius 2 is 2.04 bits per heavy atom. The molecule has 1 N–H and O–H groups in total. The Hall–Kier alpha value is -2.96. The standard InChI is InChI=1S/C17H17N3O4/c21-16(22)11-24-14-3-1-12(2-4-14)17(23)20-8-5-13(10-20)15-9-18-6-7-19-15/h1-4,6-7,9,13H,5,8,10-11H2,(H,21,22). The molecule has 1 aliphatic heterocycles. The van der Waals surface area contributed by atoms with Crippen molar-refractivity contribution in [2.24, 2.45) is 0 Å². The second kappa shape index (κ2) is 7.08. The van der Waals surface area contributed by atoms with Crippen molar-refractivity contribution >= 4 is 11.9 Å². The highest BCUT2D eigenvalue weighted by Crippen LogP contribution is 2.26. The van der Waals surface area contributed by atoms with Crippen LogP contribution in [-0.4, -0.2) is 51.5 Å². The highest BCUT2D eigenvalue weighted by molar-refractivity contribution is 5.94. The van der Waals surface area contributed by atoms with Gasteiger partial charge in [0.05, 0.1) is 5.69 Å². The summed E-state index contributed by atoms with van der Waals surface area (Å²) < 4.78 is 5.06. The minimum atomic E-state index is -1.04. The van der Waals surface area contributed by atoms with E-state index in [4.69, 9.17) is 9.84 Å². The van der Waals surface area contributed by atoms with Gasteiger partial charge in [-0.1, -0.05) is 0 Å². The van der Waals surface area contributed by atoms with Gasteiger partial charge in [-0.25, -0.2) is 4.79 Å². The fraction of sp³-hybridized carbons (Fsp3) is 0.294. The molecule has 24 heavy (non-hydrogen) atoms. The molecule has 7 heteroatoms. The van der Waals surface area contributed by atoms with Crippen LogP contribution in [0.1, 0.15) is 28.4 Å². The van der Waals surface area contributed by atoms with Crippen LogP contribution in [0.4, 0.5) is 0 Å². The molecule has 0 aliphatic carbocycles. The summed E-state index contributed by atoms with van der Waals surface area (Å²) in [5.74, 6) is -0.456. The Morgan fingerprint density at radius 3 is 2.71 bits per heavy atom. The molecule has 2 heterocycles. The van der Waals surface area contributed by atoms with Gasteiger partial charge in [0.25, 0.3) is 5.91 Å². The molecule has 1 aliphatic rings. The molecule has 1 atom stereocenters. The van der Waals surface area contributed by atoms with Crippen LogP contribution in [0.3, 0.4) is 0 Å². The first-order valence-electron chi connectivity index (χ1n) is 7.63. The predicted molar refractivity (Wildman–Crippen MR) is 84.9 cm³/mol. The number of hydrogen-bond donors (Lipinski definition) is 1. The molecule has 0 saturated carbocycles. The van der Waals surface area contributed by atoms with Crippen LogP contribution < -0.4 is 4.74 Å². The number of carbonyl (C=O) groups is 2. The molecule has 0 bridgehead atoms. The van der Waals surface area contributed by atoms with Crippen LogP contribution in [-0.2, 0) is 4.79 Å². The molecule has 7 nitrogen and oxygen atoms in total. The third-order valence-corrected chi connectivity index (χ3v) is 3.94. The van der Waals surface area contributed by atoms with Crippen molar-refractivity contribution in [1.82, 2.24) is 14.9 Å². The number of aliphatic carboxylic acids is 1. The Labute approximate surface area is 138 Å². The van der Waals surface area contributed by atoms with Gasteiger partial charge in [0.1, 0.15) is 5.75 Å². The summed E-state index contributed by atoms with van der Waals surface area (Å²) >= 11 is 0. The van der Waals surface area contributed by atoms with E-state index in [1.54, 1.807) is 47.8 Å². The number of benzene rings is 1. The lowest BCUT2D eigenvalue weighted by Gasteiger charge is -2.16. The lowest BCUT2D eigenvalue weighted by Crippen LogP contribution is -2.28. The van der Waals surface area contributed by atoms with Crippen molar-refractivity contribution in [2.45, 2.75) is 12.3 Å². The average molecular weight is 327 g/mol. The number of carboxylic acids is 1. The number of rotatable bonds is 5. The van der Waals surface area contributed by atoms with E-state index in [1.165, 1.54) is 0 Å². The van der Waals surface area contributed by atoms with Crippen LogP contribution in [0.2, 0.25) is 0 Å². The normalized spacial score (nSPS) is 16.8. The molecular formula is C17H17N3O4. The molecule has 124 valence electrons. The maximum absolute atomic E-state index is 12.6. The third kappa shape index (κ3) is 3.68. The number of hydrogen-bond acceptors (Lipinski definition) is 5.